The second-order valence-corrected chi connectivity index (χ2v) is 7.39. The van der Waals surface area contributed by atoms with Gasteiger partial charge in [-0.25, -0.2) is 4.68 Å². The van der Waals surface area contributed by atoms with E-state index in [1.54, 1.807) is 23.1 Å². The molecule has 2 heterocycles. The number of anilines is 1. The van der Waals surface area contributed by atoms with Crippen molar-refractivity contribution in [3.8, 4) is 11.5 Å². The third-order valence-electron chi connectivity index (χ3n) is 4.13. The molecule has 8 nitrogen and oxygen atoms in total. The minimum absolute atomic E-state index is 0.150. The zero-order valence-electron chi connectivity index (χ0n) is 16.2. The Hall–Kier alpha value is -3.59. The summed E-state index contributed by atoms with van der Waals surface area (Å²) < 4.78 is 12.8. The standard InChI is InChI=1S/C21H19N5O3S/c1-15-8-10-16(11-9-15)29-19-7-3-2-6-18(19)22-20(27)14-30-21-23-24-25-26(21)13-17-5-4-12-28-17/h2-12H,13-14H2,1H3,(H,22,27). The largest absolute Gasteiger partial charge is 0.467 e. The molecular weight excluding hydrogens is 402 g/mol. The normalized spacial score (nSPS) is 10.7. The highest BCUT2D eigenvalue weighted by Crippen LogP contribution is 2.29. The molecule has 1 N–H and O–H groups in total. The Balaban J connectivity index is 1.37. The van der Waals surface area contributed by atoms with Gasteiger partial charge in [-0.05, 0) is 53.7 Å². The fourth-order valence-corrected chi connectivity index (χ4v) is 3.33. The molecule has 1 amide bonds. The van der Waals surface area contributed by atoms with Crippen LogP contribution >= 0.6 is 11.8 Å². The van der Waals surface area contributed by atoms with Crippen molar-refractivity contribution in [1.82, 2.24) is 20.2 Å². The van der Waals surface area contributed by atoms with E-state index in [1.165, 1.54) is 11.8 Å². The Bertz CT molecular complexity index is 1110. The number of furan rings is 1. The Kier molecular flexibility index (Phi) is 6.09. The molecule has 30 heavy (non-hydrogen) atoms. The topological polar surface area (TPSA) is 95.1 Å². The number of nitrogens with one attached hydrogen (secondary N) is 1. The average molecular weight is 421 g/mol. The number of carbonyl (C=O) groups is 1. The number of rotatable bonds is 8. The lowest BCUT2D eigenvalue weighted by Gasteiger charge is -2.12. The zero-order chi connectivity index (χ0) is 20.8. The minimum Gasteiger partial charge on any atom is -0.467 e. The van der Waals surface area contributed by atoms with Gasteiger partial charge in [0.2, 0.25) is 11.1 Å². The highest BCUT2D eigenvalue weighted by Gasteiger charge is 2.13. The minimum atomic E-state index is -0.187. The van der Waals surface area contributed by atoms with Crippen molar-refractivity contribution in [2.45, 2.75) is 18.6 Å². The number of tetrazole rings is 1. The molecule has 0 spiro atoms. The molecule has 152 valence electrons. The molecule has 0 saturated heterocycles. The van der Waals surface area contributed by atoms with E-state index in [0.717, 1.165) is 11.3 Å². The molecule has 0 atom stereocenters. The monoisotopic (exact) mass is 421 g/mol. The number of aryl methyl sites for hydroxylation is 1. The first-order chi connectivity index (χ1) is 14.7. The predicted molar refractivity (Wildman–Crippen MR) is 113 cm³/mol. The van der Waals surface area contributed by atoms with Crippen LogP contribution < -0.4 is 10.1 Å². The van der Waals surface area contributed by atoms with E-state index in [9.17, 15) is 4.79 Å². The van der Waals surface area contributed by atoms with Crippen LogP contribution in [0.2, 0.25) is 0 Å². The summed E-state index contributed by atoms with van der Waals surface area (Å²) in [4.78, 5) is 12.5. The quantitative estimate of drug-likeness (QED) is 0.427. The van der Waals surface area contributed by atoms with Gasteiger partial charge < -0.3 is 14.5 Å². The number of ether oxygens (including phenoxy) is 1. The summed E-state index contributed by atoms with van der Waals surface area (Å²) in [5, 5.41) is 15.0. The average Bonchev–Trinajstić information content (AvgIpc) is 3.42. The smallest absolute Gasteiger partial charge is 0.234 e. The van der Waals surface area contributed by atoms with E-state index in [2.05, 4.69) is 20.8 Å². The highest BCUT2D eigenvalue weighted by molar-refractivity contribution is 7.99. The lowest BCUT2D eigenvalue weighted by Crippen LogP contribution is -2.15. The second kappa shape index (κ2) is 9.27. The molecule has 0 saturated carbocycles. The van der Waals surface area contributed by atoms with E-state index in [0.29, 0.717) is 28.9 Å². The number of amides is 1. The summed E-state index contributed by atoms with van der Waals surface area (Å²) in [6.07, 6.45) is 1.59. The van der Waals surface area contributed by atoms with Crippen LogP contribution in [-0.4, -0.2) is 31.9 Å². The number of hydrogen-bond donors (Lipinski definition) is 1. The number of thioether (sulfide) groups is 1. The Morgan fingerprint density at radius 1 is 1.13 bits per heavy atom. The van der Waals surface area contributed by atoms with Crippen molar-refractivity contribution in [3.63, 3.8) is 0 Å². The van der Waals surface area contributed by atoms with Gasteiger partial charge in [0.25, 0.3) is 0 Å². The molecule has 2 aromatic carbocycles. The van der Waals surface area contributed by atoms with E-state index in [4.69, 9.17) is 9.15 Å². The predicted octanol–water partition coefficient (Wildman–Crippen LogP) is 4.15. The van der Waals surface area contributed by atoms with E-state index in [1.807, 2.05) is 55.5 Å². The molecule has 0 radical (unpaired) electrons. The van der Waals surface area contributed by atoms with Gasteiger partial charge in [0.15, 0.2) is 5.75 Å². The summed E-state index contributed by atoms with van der Waals surface area (Å²) in [5.41, 5.74) is 1.74. The number of para-hydroxylation sites is 2. The molecule has 4 rings (SSSR count). The molecule has 0 unspecified atom stereocenters. The first-order valence-corrected chi connectivity index (χ1v) is 10.2. The molecule has 0 aliphatic rings. The lowest BCUT2D eigenvalue weighted by molar-refractivity contribution is -0.113. The fourth-order valence-electron chi connectivity index (χ4n) is 2.66. The van der Waals surface area contributed by atoms with Crippen molar-refractivity contribution in [3.05, 3.63) is 78.3 Å². The van der Waals surface area contributed by atoms with Gasteiger partial charge in [0, 0.05) is 0 Å². The molecule has 0 fully saturated rings. The number of aromatic nitrogens is 4. The van der Waals surface area contributed by atoms with Crippen LogP contribution in [0.1, 0.15) is 11.3 Å². The Morgan fingerprint density at radius 2 is 1.97 bits per heavy atom. The SMILES string of the molecule is Cc1ccc(Oc2ccccc2NC(=O)CSc2nnnn2Cc2ccco2)cc1. The highest BCUT2D eigenvalue weighted by atomic mass is 32.2. The molecule has 4 aromatic rings. The summed E-state index contributed by atoms with van der Waals surface area (Å²) in [5.74, 6) is 1.97. The maximum Gasteiger partial charge on any atom is 0.234 e. The van der Waals surface area contributed by atoms with Gasteiger partial charge >= 0.3 is 0 Å². The first kappa shape index (κ1) is 19.7. The van der Waals surface area contributed by atoms with Crippen molar-refractivity contribution in [2.24, 2.45) is 0 Å². The molecule has 0 aliphatic carbocycles. The zero-order valence-corrected chi connectivity index (χ0v) is 17.0. The van der Waals surface area contributed by atoms with Crippen molar-refractivity contribution in [2.75, 3.05) is 11.1 Å². The molecule has 0 aliphatic heterocycles. The van der Waals surface area contributed by atoms with Gasteiger partial charge in [-0.1, -0.05) is 41.6 Å². The summed E-state index contributed by atoms with van der Waals surface area (Å²) >= 11 is 1.25. The number of carbonyl (C=O) groups excluding carboxylic acids is 1. The van der Waals surface area contributed by atoms with Crippen LogP contribution in [0.4, 0.5) is 5.69 Å². The summed E-state index contributed by atoms with van der Waals surface area (Å²) in [6, 6.07) is 18.7. The Labute approximate surface area is 177 Å². The molecule has 2 aromatic heterocycles. The number of nitrogens with zero attached hydrogens (tertiary/aromatic N) is 4. The van der Waals surface area contributed by atoms with Gasteiger partial charge in [0.1, 0.15) is 18.1 Å². The second-order valence-electron chi connectivity index (χ2n) is 6.45. The maximum atomic E-state index is 12.5. The van der Waals surface area contributed by atoms with Gasteiger partial charge in [0.05, 0.1) is 17.7 Å². The van der Waals surface area contributed by atoms with Crippen molar-refractivity contribution < 1.29 is 13.9 Å². The van der Waals surface area contributed by atoms with E-state index in [-0.39, 0.29) is 11.7 Å². The van der Waals surface area contributed by atoms with Crippen molar-refractivity contribution in [1.29, 1.82) is 0 Å². The summed E-state index contributed by atoms with van der Waals surface area (Å²) in [7, 11) is 0. The first-order valence-electron chi connectivity index (χ1n) is 9.22. The third kappa shape index (κ3) is 5.06. The number of benzene rings is 2. The lowest BCUT2D eigenvalue weighted by atomic mass is 10.2. The number of hydrogen-bond acceptors (Lipinski definition) is 7. The van der Waals surface area contributed by atoms with Gasteiger partial charge in [-0.3, -0.25) is 4.79 Å². The fraction of sp³-hybridized carbons (Fsp3) is 0.143. The van der Waals surface area contributed by atoms with Crippen LogP contribution in [0.5, 0.6) is 11.5 Å². The van der Waals surface area contributed by atoms with Crippen LogP contribution in [0.3, 0.4) is 0 Å². The van der Waals surface area contributed by atoms with Gasteiger partial charge in [-0.15, -0.1) is 5.10 Å². The molecular formula is C21H19N5O3S. The van der Waals surface area contributed by atoms with Crippen LogP contribution in [0.25, 0.3) is 0 Å². The van der Waals surface area contributed by atoms with Crippen LogP contribution in [-0.2, 0) is 11.3 Å². The van der Waals surface area contributed by atoms with E-state index < -0.39 is 0 Å². The Morgan fingerprint density at radius 3 is 2.77 bits per heavy atom. The van der Waals surface area contributed by atoms with Crippen molar-refractivity contribution >= 4 is 23.4 Å². The van der Waals surface area contributed by atoms with E-state index >= 15 is 0 Å². The molecule has 0 bridgehead atoms. The molecule has 9 heteroatoms. The maximum absolute atomic E-state index is 12.5. The van der Waals surface area contributed by atoms with Gasteiger partial charge in [-0.2, -0.15) is 0 Å². The van der Waals surface area contributed by atoms with Crippen LogP contribution in [0.15, 0.2) is 76.5 Å². The third-order valence-corrected chi connectivity index (χ3v) is 5.08. The van der Waals surface area contributed by atoms with Crippen LogP contribution in [0, 0.1) is 6.92 Å². The summed E-state index contributed by atoms with van der Waals surface area (Å²) in [6.45, 7) is 2.41.